The smallest absolute Gasteiger partial charge is 0.321 e. The Morgan fingerprint density at radius 2 is 1.38 bits per heavy atom. The first-order valence-electron chi connectivity index (χ1n) is 7.69. The van der Waals surface area contributed by atoms with Crippen LogP contribution >= 0.6 is 7.60 Å². The third kappa shape index (κ3) is 3.34. The van der Waals surface area contributed by atoms with Gasteiger partial charge in [0.1, 0.15) is 0 Å². The van der Waals surface area contributed by atoms with Crippen molar-refractivity contribution in [1.29, 1.82) is 0 Å². The molecular weight excluding hydrogens is 319 g/mol. The lowest BCUT2D eigenvalue weighted by molar-refractivity contribution is 0.387. The summed E-state index contributed by atoms with van der Waals surface area (Å²) in [5.41, 5.74) is 5.12. The van der Waals surface area contributed by atoms with E-state index in [1.165, 1.54) is 5.56 Å². The van der Waals surface area contributed by atoms with Gasteiger partial charge in [0.2, 0.25) is 0 Å². The van der Waals surface area contributed by atoms with E-state index in [0.29, 0.717) is 11.1 Å². The second kappa shape index (κ2) is 6.37. The highest BCUT2D eigenvalue weighted by Crippen LogP contribution is 2.41. The van der Waals surface area contributed by atoms with E-state index >= 15 is 0 Å². The number of aryl methyl sites for hydroxylation is 2. The summed E-state index contributed by atoms with van der Waals surface area (Å²) in [5.74, 6) is 0. The minimum Gasteiger partial charge on any atom is -0.321 e. The molecule has 0 amide bonds. The van der Waals surface area contributed by atoms with Gasteiger partial charge in [0, 0.05) is 0 Å². The van der Waals surface area contributed by atoms with Crippen molar-refractivity contribution in [2.75, 3.05) is 0 Å². The summed E-state index contributed by atoms with van der Waals surface area (Å²) in [6.07, 6.45) is 0. The molecule has 0 aliphatic carbocycles. The molecule has 0 atom stereocenters. The molecule has 3 aromatic carbocycles. The second-order valence-corrected chi connectivity index (χ2v) is 7.50. The SMILES string of the molecule is Cc1ccc(-c2cc(C)c(P(=O)(O)O)c(-c3ccccc3)c2)cc1. The van der Waals surface area contributed by atoms with Crippen LogP contribution in [0, 0.1) is 13.8 Å². The standard InChI is InChI=1S/C20H19O3P/c1-14-8-10-16(11-9-14)18-12-15(2)20(24(21,22)23)19(13-18)17-6-4-3-5-7-17/h3-13H,1-2H3,(H2,21,22,23). The van der Waals surface area contributed by atoms with Crippen molar-refractivity contribution in [3.05, 3.63) is 77.9 Å². The first-order chi connectivity index (χ1) is 11.4. The molecule has 0 saturated carbocycles. The van der Waals surface area contributed by atoms with Gasteiger partial charge >= 0.3 is 7.60 Å². The Hall–Kier alpha value is -2.19. The zero-order valence-electron chi connectivity index (χ0n) is 13.6. The number of hydrogen-bond acceptors (Lipinski definition) is 1. The maximum atomic E-state index is 12.0. The maximum absolute atomic E-state index is 12.0. The van der Waals surface area contributed by atoms with Crippen LogP contribution in [0.1, 0.15) is 11.1 Å². The quantitative estimate of drug-likeness (QED) is 0.694. The summed E-state index contributed by atoms with van der Waals surface area (Å²) in [7, 11) is -4.38. The van der Waals surface area contributed by atoms with E-state index in [4.69, 9.17) is 0 Å². The van der Waals surface area contributed by atoms with Gasteiger partial charge in [0.05, 0.1) is 5.30 Å². The molecule has 0 heterocycles. The molecule has 122 valence electrons. The van der Waals surface area contributed by atoms with Gasteiger partial charge in [-0.15, -0.1) is 0 Å². The monoisotopic (exact) mass is 338 g/mol. The van der Waals surface area contributed by atoms with Gasteiger partial charge in [-0.2, -0.15) is 0 Å². The van der Waals surface area contributed by atoms with E-state index in [1.807, 2.05) is 73.7 Å². The van der Waals surface area contributed by atoms with Crippen LogP contribution in [0.5, 0.6) is 0 Å². The molecule has 3 rings (SSSR count). The Kier molecular flexibility index (Phi) is 4.42. The highest BCUT2D eigenvalue weighted by atomic mass is 31.2. The maximum Gasteiger partial charge on any atom is 0.357 e. The third-order valence-corrected chi connectivity index (χ3v) is 5.24. The Morgan fingerprint density at radius 1 is 0.750 bits per heavy atom. The van der Waals surface area contributed by atoms with Gasteiger partial charge in [-0.05, 0) is 47.7 Å². The molecule has 0 aliphatic heterocycles. The molecule has 2 N–H and O–H groups in total. The van der Waals surface area contributed by atoms with Crippen molar-refractivity contribution >= 4 is 12.9 Å². The molecule has 24 heavy (non-hydrogen) atoms. The first-order valence-corrected chi connectivity index (χ1v) is 9.31. The fraction of sp³-hybridized carbons (Fsp3) is 0.100. The van der Waals surface area contributed by atoms with Crippen molar-refractivity contribution in [2.24, 2.45) is 0 Å². The van der Waals surface area contributed by atoms with Gasteiger partial charge in [0.25, 0.3) is 0 Å². The van der Waals surface area contributed by atoms with Crippen LogP contribution in [0.4, 0.5) is 0 Å². The molecule has 3 aromatic rings. The van der Waals surface area contributed by atoms with Crippen LogP contribution in [-0.2, 0) is 4.57 Å². The summed E-state index contributed by atoms with van der Waals surface area (Å²) in [5, 5.41) is 0.101. The highest BCUT2D eigenvalue weighted by molar-refractivity contribution is 7.60. The number of benzene rings is 3. The molecule has 0 fully saturated rings. The predicted molar refractivity (Wildman–Crippen MR) is 98.5 cm³/mol. The van der Waals surface area contributed by atoms with Crippen molar-refractivity contribution in [3.8, 4) is 22.3 Å². The van der Waals surface area contributed by atoms with Crippen molar-refractivity contribution in [1.82, 2.24) is 0 Å². The Bertz CT molecular complexity index is 910. The van der Waals surface area contributed by atoms with Crippen LogP contribution in [0.15, 0.2) is 66.7 Å². The summed E-state index contributed by atoms with van der Waals surface area (Å²) in [6.45, 7) is 3.78. The van der Waals surface area contributed by atoms with E-state index in [0.717, 1.165) is 16.7 Å². The van der Waals surface area contributed by atoms with E-state index < -0.39 is 7.60 Å². The number of hydrogen-bond donors (Lipinski definition) is 2. The lowest BCUT2D eigenvalue weighted by atomic mass is 9.96. The van der Waals surface area contributed by atoms with Crippen molar-refractivity contribution < 1.29 is 14.4 Å². The molecule has 0 saturated heterocycles. The minimum absolute atomic E-state index is 0.101. The topological polar surface area (TPSA) is 57.5 Å². The lowest BCUT2D eigenvalue weighted by Crippen LogP contribution is -2.12. The molecule has 0 radical (unpaired) electrons. The van der Waals surface area contributed by atoms with Gasteiger partial charge in [-0.25, -0.2) is 0 Å². The zero-order valence-corrected chi connectivity index (χ0v) is 14.5. The van der Waals surface area contributed by atoms with Crippen LogP contribution in [0.2, 0.25) is 0 Å². The van der Waals surface area contributed by atoms with E-state index in [2.05, 4.69) is 0 Å². The van der Waals surface area contributed by atoms with Crippen molar-refractivity contribution in [3.63, 3.8) is 0 Å². The number of rotatable bonds is 3. The van der Waals surface area contributed by atoms with Crippen molar-refractivity contribution in [2.45, 2.75) is 13.8 Å². The van der Waals surface area contributed by atoms with Crippen LogP contribution in [0.3, 0.4) is 0 Å². The fourth-order valence-electron chi connectivity index (χ4n) is 2.92. The van der Waals surface area contributed by atoms with Gasteiger partial charge in [-0.1, -0.05) is 66.2 Å². The third-order valence-electron chi connectivity index (χ3n) is 4.06. The predicted octanol–water partition coefficient (Wildman–Crippen LogP) is 4.44. The van der Waals surface area contributed by atoms with Gasteiger partial charge in [0.15, 0.2) is 0 Å². The molecule has 0 aliphatic rings. The Labute approximate surface area is 141 Å². The summed E-state index contributed by atoms with van der Waals surface area (Å²) >= 11 is 0. The van der Waals surface area contributed by atoms with Crippen LogP contribution in [0.25, 0.3) is 22.3 Å². The summed E-state index contributed by atoms with van der Waals surface area (Å²) in [4.78, 5) is 19.6. The molecule has 0 bridgehead atoms. The molecule has 0 unspecified atom stereocenters. The molecule has 4 heteroatoms. The minimum atomic E-state index is -4.38. The van der Waals surface area contributed by atoms with E-state index in [1.54, 1.807) is 6.92 Å². The molecule has 3 nitrogen and oxygen atoms in total. The summed E-state index contributed by atoms with van der Waals surface area (Å²) < 4.78 is 12.0. The van der Waals surface area contributed by atoms with Gasteiger partial charge in [-0.3, -0.25) is 4.57 Å². The van der Waals surface area contributed by atoms with Crippen LogP contribution in [-0.4, -0.2) is 9.79 Å². The molecule has 0 spiro atoms. The first kappa shape index (κ1) is 16.7. The average molecular weight is 338 g/mol. The second-order valence-electron chi connectivity index (χ2n) is 5.97. The Morgan fingerprint density at radius 3 is 1.96 bits per heavy atom. The molecule has 0 aromatic heterocycles. The van der Waals surface area contributed by atoms with E-state index in [9.17, 15) is 14.4 Å². The average Bonchev–Trinajstić information content (AvgIpc) is 2.54. The summed E-state index contributed by atoms with van der Waals surface area (Å²) in [6, 6.07) is 21.2. The van der Waals surface area contributed by atoms with Crippen LogP contribution < -0.4 is 5.30 Å². The largest absolute Gasteiger partial charge is 0.357 e. The normalized spacial score (nSPS) is 11.5. The Balaban J connectivity index is 2.27. The lowest BCUT2D eigenvalue weighted by Gasteiger charge is -2.17. The highest BCUT2D eigenvalue weighted by Gasteiger charge is 2.25. The molecular formula is C20H19O3P. The zero-order chi connectivity index (χ0) is 17.3. The van der Waals surface area contributed by atoms with Gasteiger partial charge < -0.3 is 9.79 Å². The van der Waals surface area contributed by atoms with E-state index in [-0.39, 0.29) is 5.30 Å². The fourth-order valence-corrected chi connectivity index (χ4v) is 3.95.